The monoisotopic (exact) mass is 445 g/mol. The number of amides is 1. The summed E-state index contributed by atoms with van der Waals surface area (Å²) in [6.07, 6.45) is 6.39. The minimum absolute atomic E-state index is 0.197. The van der Waals surface area contributed by atoms with Crippen molar-refractivity contribution in [2.45, 2.75) is 25.2 Å². The lowest BCUT2D eigenvalue weighted by Gasteiger charge is -2.12. The third kappa shape index (κ3) is 5.77. The van der Waals surface area contributed by atoms with Crippen LogP contribution in [0.1, 0.15) is 28.7 Å². The Labute approximate surface area is 183 Å². The predicted octanol–water partition coefficient (Wildman–Crippen LogP) is 2.98. The van der Waals surface area contributed by atoms with Crippen molar-refractivity contribution in [1.82, 2.24) is 30.2 Å². The highest BCUT2D eigenvalue weighted by molar-refractivity contribution is 7.99. The van der Waals surface area contributed by atoms with Crippen molar-refractivity contribution in [2.75, 3.05) is 18.2 Å². The van der Waals surface area contributed by atoms with Crippen molar-refractivity contribution in [1.29, 1.82) is 0 Å². The molecule has 0 aliphatic heterocycles. The Kier molecular flexibility index (Phi) is 7.75. The van der Waals surface area contributed by atoms with Crippen LogP contribution in [0.3, 0.4) is 0 Å². The summed E-state index contributed by atoms with van der Waals surface area (Å²) in [7, 11) is 1.51. The number of thioether (sulfide) groups is 1. The third-order valence-corrected chi connectivity index (χ3v) is 4.84. The van der Waals surface area contributed by atoms with Crippen LogP contribution in [0.5, 0.6) is 5.88 Å². The number of aromatic nitrogens is 5. The molecule has 0 unspecified atom stereocenters. The Bertz CT molecular complexity index is 1010. The topological polar surface area (TPSA) is 115 Å². The molecule has 3 aromatic rings. The lowest BCUT2D eigenvalue weighted by atomic mass is 10.2. The zero-order valence-electron chi connectivity index (χ0n) is 16.4. The summed E-state index contributed by atoms with van der Waals surface area (Å²) in [4.78, 5) is 33.8. The maximum absolute atomic E-state index is 12.7. The van der Waals surface area contributed by atoms with Crippen LogP contribution >= 0.6 is 23.4 Å². The maximum Gasteiger partial charge on any atom is 0.256 e. The first-order valence-corrected chi connectivity index (χ1v) is 10.4. The molecule has 1 amide bonds. The van der Waals surface area contributed by atoms with Crippen molar-refractivity contribution in [3.63, 3.8) is 0 Å². The molecule has 0 bridgehead atoms. The van der Waals surface area contributed by atoms with Crippen LogP contribution in [0.25, 0.3) is 0 Å². The first kappa shape index (κ1) is 21.7. The van der Waals surface area contributed by atoms with E-state index in [2.05, 4.69) is 35.6 Å². The van der Waals surface area contributed by atoms with Crippen LogP contribution < -0.4 is 15.4 Å². The van der Waals surface area contributed by atoms with Crippen molar-refractivity contribution >= 4 is 35.1 Å². The highest BCUT2D eigenvalue weighted by Crippen LogP contribution is 2.23. The van der Waals surface area contributed by atoms with E-state index in [0.29, 0.717) is 39.8 Å². The van der Waals surface area contributed by atoms with Gasteiger partial charge in [0.15, 0.2) is 5.16 Å². The van der Waals surface area contributed by atoms with E-state index in [4.69, 9.17) is 16.3 Å². The molecule has 11 heteroatoms. The molecular weight excluding hydrogens is 426 g/mol. The van der Waals surface area contributed by atoms with Crippen LogP contribution in [0.15, 0.2) is 42.1 Å². The lowest BCUT2D eigenvalue weighted by molar-refractivity contribution is 0.0949. The molecule has 30 heavy (non-hydrogen) atoms. The zero-order valence-corrected chi connectivity index (χ0v) is 18.0. The van der Waals surface area contributed by atoms with Crippen LogP contribution in [0.4, 0.5) is 5.82 Å². The molecule has 0 aromatic carbocycles. The smallest absolute Gasteiger partial charge is 0.256 e. The normalized spacial score (nSPS) is 10.5. The zero-order chi connectivity index (χ0) is 21.3. The number of carbonyl (C=O) groups excluding carboxylic acids is 1. The van der Waals surface area contributed by atoms with Gasteiger partial charge in [-0.15, -0.1) is 0 Å². The third-order valence-electron chi connectivity index (χ3n) is 3.83. The summed E-state index contributed by atoms with van der Waals surface area (Å²) >= 11 is 7.62. The maximum atomic E-state index is 12.7. The Morgan fingerprint density at radius 2 is 1.97 bits per heavy atom. The second-order valence-electron chi connectivity index (χ2n) is 5.88. The van der Waals surface area contributed by atoms with E-state index in [-0.39, 0.29) is 12.5 Å². The SMILES string of the molecule is CCSc1ncc(C(=O)NCc2ncccn2)c(NCc2cnc(OC)c(Cl)c2)n1. The molecule has 9 nitrogen and oxygen atoms in total. The van der Waals surface area contributed by atoms with Gasteiger partial charge < -0.3 is 15.4 Å². The van der Waals surface area contributed by atoms with Gasteiger partial charge in [0, 0.05) is 31.3 Å². The van der Waals surface area contributed by atoms with Gasteiger partial charge in [-0.1, -0.05) is 30.3 Å². The second kappa shape index (κ2) is 10.7. The van der Waals surface area contributed by atoms with Gasteiger partial charge in [0.05, 0.1) is 13.7 Å². The fraction of sp³-hybridized carbons (Fsp3) is 0.263. The summed E-state index contributed by atoms with van der Waals surface area (Å²) in [6, 6.07) is 3.46. The van der Waals surface area contributed by atoms with Gasteiger partial charge in [-0.25, -0.2) is 24.9 Å². The molecule has 156 valence electrons. The first-order valence-electron chi connectivity index (χ1n) is 9.07. The summed E-state index contributed by atoms with van der Waals surface area (Å²) in [6.45, 7) is 2.57. The molecule has 0 radical (unpaired) electrons. The van der Waals surface area contributed by atoms with Crippen molar-refractivity contribution < 1.29 is 9.53 Å². The van der Waals surface area contributed by atoms with Crippen molar-refractivity contribution in [2.24, 2.45) is 0 Å². The number of pyridine rings is 1. The van der Waals surface area contributed by atoms with Crippen LogP contribution in [-0.2, 0) is 13.1 Å². The van der Waals surface area contributed by atoms with E-state index in [0.717, 1.165) is 11.3 Å². The lowest BCUT2D eigenvalue weighted by Crippen LogP contribution is -2.25. The Balaban J connectivity index is 1.76. The minimum Gasteiger partial charge on any atom is -0.480 e. The molecule has 0 aliphatic rings. The van der Waals surface area contributed by atoms with E-state index in [1.165, 1.54) is 25.1 Å². The van der Waals surface area contributed by atoms with Crippen LogP contribution in [-0.4, -0.2) is 43.7 Å². The molecule has 3 rings (SSSR count). The quantitative estimate of drug-likeness (QED) is 0.378. The van der Waals surface area contributed by atoms with E-state index in [1.807, 2.05) is 6.92 Å². The summed E-state index contributed by atoms with van der Waals surface area (Å²) < 4.78 is 5.07. The van der Waals surface area contributed by atoms with Gasteiger partial charge in [-0.3, -0.25) is 4.79 Å². The molecule has 0 fully saturated rings. The number of nitrogens with zero attached hydrogens (tertiary/aromatic N) is 5. The highest BCUT2D eigenvalue weighted by Gasteiger charge is 2.16. The number of hydrogen-bond donors (Lipinski definition) is 2. The molecule has 0 atom stereocenters. The van der Waals surface area contributed by atoms with Gasteiger partial charge in [0.1, 0.15) is 22.2 Å². The van der Waals surface area contributed by atoms with Crippen molar-refractivity contribution in [3.8, 4) is 5.88 Å². The molecule has 3 heterocycles. The summed E-state index contributed by atoms with van der Waals surface area (Å²) in [5, 5.41) is 6.95. The van der Waals surface area contributed by atoms with Crippen molar-refractivity contribution in [3.05, 3.63) is 58.9 Å². The number of nitrogens with one attached hydrogen (secondary N) is 2. The molecule has 2 N–H and O–H groups in total. The van der Waals surface area contributed by atoms with Gasteiger partial charge >= 0.3 is 0 Å². The average Bonchev–Trinajstić information content (AvgIpc) is 2.77. The van der Waals surface area contributed by atoms with Gasteiger partial charge in [0.2, 0.25) is 5.88 Å². The van der Waals surface area contributed by atoms with Gasteiger partial charge in [-0.05, 0) is 23.4 Å². The molecule has 3 aromatic heterocycles. The average molecular weight is 446 g/mol. The Morgan fingerprint density at radius 3 is 2.67 bits per heavy atom. The van der Waals surface area contributed by atoms with E-state index in [1.54, 1.807) is 30.7 Å². The van der Waals surface area contributed by atoms with Gasteiger partial charge in [0.25, 0.3) is 5.91 Å². The Hall–Kier alpha value is -2.98. The Morgan fingerprint density at radius 1 is 1.17 bits per heavy atom. The van der Waals surface area contributed by atoms with Crippen LogP contribution in [0, 0.1) is 0 Å². The fourth-order valence-corrected chi connectivity index (χ4v) is 3.25. The number of ether oxygens (including phenoxy) is 1. The summed E-state index contributed by atoms with van der Waals surface area (Å²) in [5.41, 5.74) is 1.13. The standard InChI is InChI=1S/C19H20ClN7O2S/c1-3-30-19-26-10-13(17(28)24-11-15-21-5-4-6-22-15)16(27-19)23-8-12-7-14(20)18(29-2)25-9-12/h4-7,9-10H,3,8,11H2,1-2H3,(H,24,28)(H,23,26,27). The molecule has 0 saturated carbocycles. The van der Waals surface area contributed by atoms with E-state index < -0.39 is 0 Å². The molecule has 0 saturated heterocycles. The molecule has 0 spiro atoms. The molecular formula is C19H20ClN7O2S. The first-order chi connectivity index (χ1) is 14.6. The number of hydrogen-bond acceptors (Lipinski definition) is 9. The minimum atomic E-state index is -0.330. The van der Waals surface area contributed by atoms with E-state index in [9.17, 15) is 4.79 Å². The van der Waals surface area contributed by atoms with Crippen LogP contribution in [0.2, 0.25) is 5.02 Å². The largest absolute Gasteiger partial charge is 0.480 e. The highest BCUT2D eigenvalue weighted by atomic mass is 35.5. The molecule has 0 aliphatic carbocycles. The fourth-order valence-electron chi connectivity index (χ4n) is 2.44. The number of methoxy groups -OCH3 is 1. The van der Waals surface area contributed by atoms with Gasteiger partial charge in [-0.2, -0.15) is 0 Å². The summed E-state index contributed by atoms with van der Waals surface area (Å²) in [5.74, 6) is 1.77. The number of carbonyl (C=O) groups is 1. The van der Waals surface area contributed by atoms with E-state index >= 15 is 0 Å². The predicted molar refractivity (Wildman–Crippen MR) is 115 cm³/mol. The number of anilines is 1. The number of rotatable bonds is 9. The number of halogens is 1. The second-order valence-corrected chi connectivity index (χ2v) is 7.52.